The lowest BCUT2D eigenvalue weighted by Crippen LogP contribution is -2.56. The number of hydrogen-bond acceptors (Lipinski definition) is 7. The van der Waals surface area contributed by atoms with Crippen LogP contribution in [0.4, 0.5) is 4.79 Å². The van der Waals surface area contributed by atoms with Crippen molar-refractivity contribution in [1.29, 1.82) is 0 Å². The lowest BCUT2D eigenvalue weighted by molar-refractivity contribution is -0.138. The summed E-state index contributed by atoms with van der Waals surface area (Å²) in [6, 6.07) is -1.76. The van der Waals surface area contributed by atoms with Gasteiger partial charge in [0.1, 0.15) is 12.1 Å². The highest BCUT2D eigenvalue weighted by atomic mass is 32.2. The van der Waals surface area contributed by atoms with Crippen molar-refractivity contribution in [2.24, 2.45) is 11.3 Å². The molecule has 3 aliphatic rings. The summed E-state index contributed by atoms with van der Waals surface area (Å²) in [6.45, 7) is 9.61. The van der Waals surface area contributed by atoms with Crippen LogP contribution in [0.25, 0.3) is 0 Å². The van der Waals surface area contributed by atoms with Gasteiger partial charge in [0.15, 0.2) is 6.29 Å². The van der Waals surface area contributed by atoms with Gasteiger partial charge < -0.3 is 30.7 Å². The quantitative estimate of drug-likeness (QED) is 0.124. The molecule has 1 saturated carbocycles. The molecule has 42 heavy (non-hydrogen) atoms. The number of carbonyl (C=O) groups excluding carboxylic acids is 3. The number of likely N-dealkylation sites (tertiary alicyclic amines) is 1. The largest absolute Gasteiger partial charge is 0.366 e. The number of amides is 4. The van der Waals surface area contributed by atoms with Gasteiger partial charge >= 0.3 is 6.03 Å². The third-order valence-electron chi connectivity index (χ3n) is 8.64. The third-order valence-corrected chi connectivity index (χ3v) is 10.5. The van der Waals surface area contributed by atoms with Crippen LogP contribution in [0.5, 0.6) is 0 Å². The van der Waals surface area contributed by atoms with Gasteiger partial charge in [0, 0.05) is 32.1 Å². The number of aliphatic hydroxyl groups excluding tert-OH is 1. The first-order valence-electron chi connectivity index (χ1n) is 15.3. The second-order valence-corrected chi connectivity index (χ2v) is 15.2. The summed E-state index contributed by atoms with van der Waals surface area (Å²) in [7, 11) is -1.95. The molecular formula is C29H51N5O7S. The molecule has 4 amide bonds. The van der Waals surface area contributed by atoms with Gasteiger partial charge in [0.25, 0.3) is 0 Å². The van der Waals surface area contributed by atoms with Gasteiger partial charge in [0.05, 0.1) is 17.8 Å². The molecule has 13 heteroatoms. The SMILES string of the molecule is CCCCC/C=C\C1C[C@]1(NC(=O)[C@@H]1CCCN1C(=O)CNC(=O)NC(CN(C)S(=O)(=O)CC)C(C)(C)C)C1OC1O. The number of ether oxygens (including phenoxy) is 1. The van der Waals surface area contributed by atoms with Crippen LogP contribution >= 0.6 is 0 Å². The minimum atomic E-state index is -3.43. The molecule has 2 saturated heterocycles. The lowest BCUT2D eigenvalue weighted by atomic mass is 9.87. The zero-order valence-corrected chi connectivity index (χ0v) is 26.8. The van der Waals surface area contributed by atoms with Gasteiger partial charge in [-0.1, -0.05) is 52.7 Å². The van der Waals surface area contributed by atoms with Crippen molar-refractivity contribution in [2.75, 3.05) is 32.4 Å². The molecule has 3 rings (SSSR count). The Labute approximate surface area is 251 Å². The number of nitrogens with one attached hydrogen (secondary N) is 3. The maximum absolute atomic E-state index is 13.4. The number of urea groups is 1. The summed E-state index contributed by atoms with van der Waals surface area (Å²) in [5, 5.41) is 18.5. The van der Waals surface area contributed by atoms with E-state index in [1.54, 1.807) is 6.92 Å². The molecule has 0 radical (unpaired) electrons. The van der Waals surface area contributed by atoms with Gasteiger partial charge in [-0.25, -0.2) is 17.5 Å². The fourth-order valence-electron chi connectivity index (χ4n) is 5.58. The Balaban J connectivity index is 1.54. The number of epoxide rings is 1. The van der Waals surface area contributed by atoms with E-state index in [-0.39, 0.29) is 36.6 Å². The topological polar surface area (TPSA) is 161 Å². The number of allylic oxidation sites excluding steroid dienone is 1. The zero-order chi connectivity index (χ0) is 31.3. The standard InChI is InChI=1S/C29H51N5O7S/c1-7-9-10-11-12-14-20-17-29(20,24-26(37)41-24)32-25(36)21-15-13-16-34(21)23(35)18-30-27(38)31-22(28(3,4)5)19-33(6)42(39,40)8-2/h12,14,20-22,24,26,37H,7-11,13,15-19H2,1-6H3,(H,32,36)(H2,30,31,38)/b14-12-/t20?,21-,22?,24?,26?,29+/m0/s1. The molecule has 4 unspecified atom stereocenters. The maximum Gasteiger partial charge on any atom is 0.315 e. The van der Waals surface area contributed by atoms with Crippen molar-refractivity contribution in [2.45, 2.75) is 110 Å². The van der Waals surface area contributed by atoms with Crippen molar-refractivity contribution in [3.8, 4) is 0 Å². The predicted molar refractivity (Wildman–Crippen MR) is 160 cm³/mol. The van der Waals surface area contributed by atoms with Crippen LogP contribution in [0.1, 0.15) is 79.6 Å². The van der Waals surface area contributed by atoms with E-state index < -0.39 is 51.5 Å². The average molecular weight is 614 g/mol. The summed E-state index contributed by atoms with van der Waals surface area (Å²) < 4.78 is 31.1. The molecule has 6 atom stereocenters. The normalized spacial score (nSPS) is 28.1. The van der Waals surface area contributed by atoms with Gasteiger partial charge in [-0.05, 0) is 44.4 Å². The van der Waals surface area contributed by atoms with Crippen molar-refractivity contribution in [3.05, 3.63) is 12.2 Å². The second-order valence-electron chi connectivity index (χ2n) is 12.9. The second kappa shape index (κ2) is 14.0. The van der Waals surface area contributed by atoms with E-state index in [0.717, 1.165) is 19.3 Å². The number of sulfonamides is 1. The smallest absolute Gasteiger partial charge is 0.315 e. The fourth-order valence-corrected chi connectivity index (χ4v) is 6.40. The number of aliphatic hydroxyl groups is 1. The molecule has 0 spiro atoms. The number of hydrogen-bond donors (Lipinski definition) is 4. The molecular weight excluding hydrogens is 562 g/mol. The highest BCUT2D eigenvalue weighted by Crippen LogP contribution is 2.54. The van der Waals surface area contributed by atoms with Crippen LogP contribution in [-0.4, -0.2) is 103 Å². The molecule has 4 N–H and O–H groups in total. The number of carbonyl (C=O) groups is 3. The highest BCUT2D eigenvalue weighted by Gasteiger charge is 2.68. The summed E-state index contributed by atoms with van der Waals surface area (Å²) in [4.78, 5) is 40.7. The monoisotopic (exact) mass is 613 g/mol. The Morgan fingerprint density at radius 2 is 1.90 bits per heavy atom. The zero-order valence-electron chi connectivity index (χ0n) is 26.0. The molecule has 0 aromatic carbocycles. The summed E-state index contributed by atoms with van der Waals surface area (Å²) in [6.07, 6.45) is 9.14. The summed E-state index contributed by atoms with van der Waals surface area (Å²) in [5.41, 5.74) is -1.11. The Kier molecular flexibility index (Phi) is 11.5. The van der Waals surface area contributed by atoms with Crippen molar-refractivity contribution in [3.63, 3.8) is 0 Å². The van der Waals surface area contributed by atoms with E-state index in [1.165, 1.54) is 22.7 Å². The van der Waals surface area contributed by atoms with E-state index in [1.807, 2.05) is 20.8 Å². The van der Waals surface area contributed by atoms with Crippen LogP contribution in [0.15, 0.2) is 12.2 Å². The molecule has 0 aromatic heterocycles. The fraction of sp³-hybridized carbons (Fsp3) is 0.828. The predicted octanol–water partition coefficient (Wildman–Crippen LogP) is 1.70. The van der Waals surface area contributed by atoms with Crippen LogP contribution in [0, 0.1) is 11.3 Å². The molecule has 2 aliphatic heterocycles. The van der Waals surface area contributed by atoms with Crippen molar-refractivity contribution in [1.82, 2.24) is 25.2 Å². The Bertz CT molecular complexity index is 1110. The summed E-state index contributed by atoms with van der Waals surface area (Å²) >= 11 is 0. The molecule has 12 nitrogen and oxygen atoms in total. The maximum atomic E-state index is 13.4. The molecule has 0 bridgehead atoms. The van der Waals surface area contributed by atoms with Crippen LogP contribution < -0.4 is 16.0 Å². The van der Waals surface area contributed by atoms with Gasteiger partial charge in [-0.3, -0.25) is 9.59 Å². The van der Waals surface area contributed by atoms with Gasteiger partial charge in [-0.15, -0.1) is 0 Å². The summed E-state index contributed by atoms with van der Waals surface area (Å²) in [5.74, 6) is -0.621. The van der Waals surface area contributed by atoms with Crippen molar-refractivity contribution >= 4 is 27.9 Å². The van der Waals surface area contributed by atoms with Crippen molar-refractivity contribution < 1.29 is 32.6 Å². The van der Waals surface area contributed by atoms with Crippen LogP contribution in [0.2, 0.25) is 0 Å². The van der Waals surface area contributed by atoms with Crippen LogP contribution in [0.3, 0.4) is 0 Å². The van der Waals surface area contributed by atoms with E-state index in [4.69, 9.17) is 4.74 Å². The van der Waals surface area contributed by atoms with E-state index >= 15 is 0 Å². The number of likely N-dealkylation sites (N-methyl/N-ethyl adjacent to an activating group) is 1. The first-order chi connectivity index (χ1) is 19.7. The van der Waals surface area contributed by atoms with Gasteiger partial charge in [-0.2, -0.15) is 0 Å². The molecule has 0 aromatic rings. The van der Waals surface area contributed by atoms with Crippen LogP contribution in [-0.2, 0) is 24.3 Å². The molecule has 2 heterocycles. The lowest BCUT2D eigenvalue weighted by Gasteiger charge is -2.34. The third kappa shape index (κ3) is 8.67. The number of rotatable bonds is 15. The first kappa shape index (κ1) is 34.3. The highest BCUT2D eigenvalue weighted by molar-refractivity contribution is 7.89. The Morgan fingerprint density at radius 1 is 1.21 bits per heavy atom. The van der Waals surface area contributed by atoms with E-state index in [2.05, 4.69) is 35.0 Å². The minimum absolute atomic E-state index is 0.0442. The Hall–Kier alpha value is -2.22. The van der Waals surface area contributed by atoms with E-state index in [9.17, 15) is 27.9 Å². The molecule has 1 aliphatic carbocycles. The number of unbranched alkanes of at least 4 members (excludes halogenated alkanes) is 3. The first-order valence-corrected chi connectivity index (χ1v) is 16.9. The molecule has 240 valence electrons. The average Bonchev–Trinajstić information content (AvgIpc) is 3.76. The molecule has 3 fully saturated rings. The van der Waals surface area contributed by atoms with E-state index in [0.29, 0.717) is 25.8 Å². The van der Waals surface area contributed by atoms with Gasteiger partial charge in [0.2, 0.25) is 21.8 Å². The Morgan fingerprint density at radius 3 is 2.50 bits per heavy atom. The minimum Gasteiger partial charge on any atom is -0.366 e. The number of nitrogens with zero attached hydrogens (tertiary/aromatic N) is 2.